The van der Waals surface area contributed by atoms with E-state index >= 15 is 0 Å². The number of aromatic nitrogens is 3. The Morgan fingerprint density at radius 2 is 2.45 bits per heavy atom. The fraction of sp³-hybridized carbons (Fsp3) is 0.462. The van der Waals surface area contributed by atoms with Crippen LogP contribution in [0.15, 0.2) is 24.1 Å². The lowest BCUT2D eigenvalue weighted by Gasteiger charge is -2.32. The Bertz CT molecular complexity index is 581. The molecule has 3 rings (SSSR count). The summed E-state index contributed by atoms with van der Waals surface area (Å²) in [4.78, 5) is 19.1. The first-order valence-electron chi connectivity index (χ1n) is 6.54. The third kappa shape index (κ3) is 2.40. The Labute approximate surface area is 121 Å². The van der Waals surface area contributed by atoms with Gasteiger partial charge in [-0.05, 0) is 24.3 Å². The minimum absolute atomic E-state index is 0.0432. The van der Waals surface area contributed by atoms with Crippen molar-refractivity contribution in [1.29, 1.82) is 0 Å². The van der Waals surface area contributed by atoms with Crippen LogP contribution in [0, 0.1) is 0 Å². The summed E-state index contributed by atoms with van der Waals surface area (Å²) in [5.41, 5.74) is 0. The highest BCUT2D eigenvalue weighted by molar-refractivity contribution is 7.12. The molecule has 0 aromatic carbocycles. The summed E-state index contributed by atoms with van der Waals surface area (Å²) in [6.07, 6.45) is 5.24. The first-order chi connectivity index (χ1) is 9.79. The molecule has 106 valence electrons. The number of piperidine rings is 1. The van der Waals surface area contributed by atoms with Crippen LogP contribution in [0.1, 0.15) is 28.6 Å². The third-order valence-electron chi connectivity index (χ3n) is 3.54. The molecule has 1 fully saturated rings. The van der Waals surface area contributed by atoms with E-state index in [0.29, 0.717) is 17.2 Å². The van der Waals surface area contributed by atoms with E-state index in [-0.39, 0.29) is 11.9 Å². The van der Waals surface area contributed by atoms with E-state index in [9.17, 15) is 4.79 Å². The van der Waals surface area contributed by atoms with Gasteiger partial charge in [0.1, 0.15) is 23.3 Å². The lowest BCUT2D eigenvalue weighted by molar-refractivity contribution is 0.0674. The lowest BCUT2D eigenvalue weighted by Crippen LogP contribution is -2.40. The van der Waals surface area contributed by atoms with Crippen molar-refractivity contribution in [1.82, 2.24) is 19.7 Å². The molecule has 1 atom stereocenters. The van der Waals surface area contributed by atoms with Gasteiger partial charge in [0.15, 0.2) is 0 Å². The molecule has 1 aliphatic rings. The van der Waals surface area contributed by atoms with Crippen LogP contribution in [-0.2, 0) is 0 Å². The first-order valence-corrected chi connectivity index (χ1v) is 7.42. The van der Waals surface area contributed by atoms with E-state index in [1.807, 2.05) is 21.0 Å². The minimum atomic E-state index is 0.0432. The molecule has 7 heteroatoms. The van der Waals surface area contributed by atoms with E-state index in [0.717, 1.165) is 19.4 Å². The van der Waals surface area contributed by atoms with Crippen LogP contribution in [0.25, 0.3) is 0 Å². The Morgan fingerprint density at radius 3 is 3.20 bits per heavy atom. The Hall–Kier alpha value is -1.89. The molecule has 1 saturated heterocycles. The summed E-state index contributed by atoms with van der Waals surface area (Å²) >= 11 is 1.42. The maximum Gasteiger partial charge on any atom is 0.267 e. The van der Waals surface area contributed by atoms with Crippen LogP contribution in [0.3, 0.4) is 0 Å². The van der Waals surface area contributed by atoms with Gasteiger partial charge in [0.2, 0.25) is 0 Å². The second-order valence-corrected chi connectivity index (χ2v) is 5.66. The number of carbonyl (C=O) groups is 1. The normalized spacial score (nSPS) is 19.1. The van der Waals surface area contributed by atoms with Crippen molar-refractivity contribution in [3.8, 4) is 5.75 Å². The summed E-state index contributed by atoms with van der Waals surface area (Å²) in [6.45, 7) is 1.45. The maximum atomic E-state index is 12.6. The van der Waals surface area contributed by atoms with Gasteiger partial charge in [-0.25, -0.2) is 9.67 Å². The highest BCUT2D eigenvalue weighted by Crippen LogP contribution is 2.28. The number of hydrogen-bond acceptors (Lipinski definition) is 5. The lowest BCUT2D eigenvalue weighted by atomic mass is 10.1. The van der Waals surface area contributed by atoms with Crippen LogP contribution in [-0.4, -0.2) is 45.8 Å². The number of methoxy groups -OCH3 is 1. The quantitative estimate of drug-likeness (QED) is 0.866. The molecular formula is C13H16N4O2S. The predicted octanol–water partition coefficient (Wildman–Crippen LogP) is 1.83. The van der Waals surface area contributed by atoms with Crippen LogP contribution in [0.5, 0.6) is 5.75 Å². The van der Waals surface area contributed by atoms with E-state index in [2.05, 4.69) is 10.1 Å². The van der Waals surface area contributed by atoms with Gasteiger partial charge in [-0.3, -0.25) is 4.79 Å². The highest BCUT2D eigenvalue weighted by Gasteiger charge is 2.28. The van der Waals surface area contributed by atoms with E-state index in [1.54, 1.807) is 13.4 Å². The summed E-state index contributed by atoms with van der Waals surface area (Å²) in [6, 6.07) is 2.04. The molecule has 0 radical (unpaired) electrons. The Morgan fingerprint density at radius 1 is 1.55 bits per heavy atom. The van der Waals surface area contributed by atoms with Crippen molar-refractivity contribution >= 4 is 17.2 Å². The van der Waals surface area contributed by atoms with Gasteiger partial charge in [0.05, 0.1) is 13.2 Å². The second kappa shape index (κ2) is 5.62. The van der Waals surface area contributed by atoms with Gasteiger partial charge >= 0.3 is 0 Å². The van der Waals surface area contributed by atoms with Gasteiger partial charge in [-0.15, -0.1) is 11.3 Å². The molecule has 3 heterocycles. The SMILES string of the molecule is COc1ccsc1C(=O)N1CCC[C@@H](n2cncn2)C1. The predicted molar refractivity (Wildman–Crippen MR) is 75.1 cm³/mol. The van der Waals surface area contributed by atoms with E-state index in [4.69, 9.17) is 4.74 Å². The molecule has 0 unspecified atom stereocenters. The molecule has 0 N–H and O–H groups in total. The molecular weight excluding hydrogens is 276 g/mol. The fourth-order valence-electron chi connectivity index (χ4n) is 2.52. The monoisotopic (exact) mass is 292 g/mol. The number of rotatable bonds is 3. The van der Waals surface area contributed by atoms with Gasteiger partial charge in [-0.1, -0.05) is 0 Å². The standard InChI is InChI=1S/C13H16N4O2S/c1-19-11-4-6-20-12(11)13(18)16-5-2-3-10(7-16)17-9-14-8-15-17/h4,6,8-10H,2-3,5,7H2,1H3/t10-/m1/s1. The molecule has 2 aromatic rings. The summed E-state index contributed by atoms with van der Waals surface area (Å²) in [7, 11) is 1.59. The average molecular weight is 292 g/mol. The zero-order chi connectivity index (χ0) is 13.9. The number of nitrogens with zero attached hydrogens (tertiary/aromatic N) is 4. The Kier molecular flexibility index (Phi) is 3.68. The van der Waals surface area contributed by atoms with E-state index < -0.39 is 0 Å². The zero-order valence-electron chi connectivity index (χ0n) is 11.2. The molecule has 0 aliphatic carbocycles. The van der Waals surface area contributed by atoms with Crippen molar-refractivity contribution < 1.29 is 9.53 Å². The summed E-state index contributed by atoms with van der Waals surface area (Å²) in [5.74, 6) is 0.699. The smallest absolute Gasteiger partial charge is 0.267 e. The van der Waals surface area contributed by atoms with Crippen LogP contribution >= 0.6 is 11.3 Å². The van der Waals surface area contributed by atoms with Crippen molar-refractivity contribution in [3.05, 3.63) is 29.0 Å². The number of amides is 1. The maximum absolute atomic E-state index is 12.6. The second-order valence-electron chi connectivity index (χ2n) is 4.74. The van der Waals surface area contributed by atoms with Crippen molar-refractivity contribution in [3.63, 3.8) is 0 Å². The van der Waals surface area contributed by atoms with Gasteiger partial charge < -0.3 is 9.64 Å². The van der Waals surface area contributed by atoms with Crippen LogP contribution in [0.2, 0.25) is 0 Å². The van der Waals surface area contributed by atoms with E-state index in [1.165, 1.54) is 17.7 Å². The highest BCUT2D eigenvalue weighted by atomic mass is 32.1. The van der Waals surface area contributed by atoms with Crippen molar-refractivity contribution in [2.75, 3.05) is 20.2 Å². The fourth-order valence-corrected chi connectivity index (χ4v) is 3.34. The van der Waals surface area contributed by atoms with Crippen molar-refractivity contribution in [2.45, 2.75) is 18.9 Å². The molecule has 1 amide bonds. The number of likely N-dealkylation sites (tertiary alicyclic amines) is 1. The molecule has 6 nitrogen and oxygen atoms in total. The molecule has 20 heavy (non-hydrogen) atoms. The largest absolute Gasteiger partial charge is 0.495 e. The first kappa shape index (κ1) is 13.1. The number of hydrogen-bond donors (Lipinski definition) is 0. The number of ether oxygens (including phenoxy) is 1. The molecule has 0 saturated carbocycles. The summed E-state index contributed by atoms with van der Waals surface area (Å²) < 4.78 is 7.07. The number of carbonyl (C=O) groups excluding carboxylic acids is 1. The van der Waals surface area contributed by atoms with Crippen LogP contribution < -0.4 is 4.74 Å². The van der Waals surface area contributed by atoms with Crippen LogP contribution in [0.4, 0.5) is 0 Å². The minimum Gasteiger partial charge on any atom is -0.495 e. The molecule has 0 bridgehead atoms. The summed E-state index contributed by atoms with van der Waals surface area (Å²) in [5, 5.41) is 6.06. The van der Waals surface area contributed by atoms with Gasteiger partial charge in [-0.2, -0.15) is 5.10 Å². The van der Waals surface area contributed by atoms with Crippen molar-refractivity contribution in [2.24, 2.45) is 0 Å². The molecule has 1 aliphatic heterocycles. The average Bonchev–Trinajstić information content (AvgIpc) is 3.17. The molecule has 0 spiro atoms. The topological polar surface area (TPSA) is 60.2 Å². The molecule has 2 aromatic heterocycles. The van der Waals surface area contributed by atoms with Gasteiger partial charge in [0, 0.05) is 13.1 Å². The van der Waals surface area contributed by atoms with Gasteiger partial charge in [0.25, 0.3) is 5.91 Å². The zero-order valence-corrected chi connectivity index (χ0v) is 12.0. The third-order valence-corrected chi connectivity index (χ3v) is 4.42. The Balaban J connectivity index is 1.75. The number of thiophene rings is 1.